The first-order valence-electron chi connectivity index (χ1n) is 9.01. The average molecular weight is 372 g/mol. The second-order valence-corrected chi connectivity index (χ2v) is 7.14. The number of fused-ring (bicyclic) bond motifs is 1. The first-order chi connectivity index (χ1) is 13.0. The number of nitrogens with two attached hydrogens (primary N) is 1. The Balaban J connectivity index is 1.67. The molecule has 1 saturated heterocycles. The van der Waals surface area contributed by atoms with Gasteiger partial charge in [0.05, 0.1) is 12.1 Å². The minimum absolute atomic E-state index is 0.0188. The van der Waals surface area contributed by atoms with Crippen molar-refractivity contribution in [1.29, 1.82) is 0 Å². The molecule has 2 aromatic rings. The van der Waals surface area contributed by atoms with Gasteiger partial charge in [0.1, 0.15) is 5.82 Å². The first kappa shape index (κ1) is 17.7. The number of likely N-dealkylation sites (N-methyl/N-ethyl adjacent to an activating group) is 2. The lowest BCUT2D eigenvalue weighted by atomic mass is 10.1. The molecular weight excluding hydrogens is 348 g/mol. The molecule has 144 valence electrons. The van der Waals surface area contributed by atoms with Crippen molar-refractivity contribution >= 4 is 5.91 Å². The van der Waals surface area contributed by atoms with E-state index in [1.165, 1.54) is 0 Å². The molecule has 4 rings (SSSR count). The van der Waals surface area contributed by atoms with Crippen LogP contribution in [-0.2, 0) is 17.6 Å². The van der Waals surface area contributed by atoms with Gasteiger partial charge in [-0.05, 0) is 26.2 Å². The Labute approximate surface area is 157 Å². The molecule has 2 N–H and O–H groups in total. The molecule has 0 radical (unpaired) electrons. The number of nitrogens with zero attached hydrogens (tertiary/aromatic N) is 5. The molecule has 1 atom stereocenters. The Morgan fingerprint density at radius 3 is 2.89 bits per heavy atom. The monoisotopic (exact) mass is 372 g/mol. The van der Waals surface area contributed by atoms with E-state index in [2.05, 4.69) is 34.0 Å². The van der Waals surface area contributed by atoms with Gasteiger partial charge in [0.2, 0.25) is 12.7 Å². The largest absolute Gasteiger partial charge is 0.454 e. The Morgan fingerprint density at radius 1 is 1.26 bits per heavy atom. The lowest BCUT2D eigenvalue weighted by Crippen LogP contribution is -2.51. The van der Waals surface area contributed by atoms with Crippen LogP contribution in [0.3, 0.4) is 0 Å². The quantitative estimate of drug-likeness (QED) is 0.777. The van der Waals surface area contributed by atoms with Crippen LogP contribution in [0, 0.1) is 0 Å². The molecule has 2 aliphatic heterocycles. The highest BCUT2D eigenvalue weighted by Gasteiger charge is 2.26. The van der Waals surface area contributed by atoms with Crippen molar-refractivity contribution < 1.29 is 14.3 Å². The van der Waals surface area contributed by atoms with Gasteiger partial charge >= 0.3 is 0 Å². The maximum atomic E-state index is 11.3. The molecule has 3 heterocycles. The molecule has 0 bridgehead atoms. The standard InChI is InChI=1S/C18H24N6O3/c1-22-5-6-23(2)13(10-22)8-18-20-17(9-16(19)25)21-24(18)12-3-4-14-15(7-12)27-11-26-14/h3-4,7,13H,5-6,8-11H2,1-2H3,(H2,19,25). The van der Waals surface area contributed by atoms with Crippen molar-refractivity contribution in [2.45, 2.75) is 18.9 Å². The van der Waals surface area contributed by atoms with E-state index in [0.717, 1.165) is 37.6 Å². The van der Waals surface area contributed by atoms with E-state index in [1.54, 1.807) is 4.68 Å². The van der Waals surface area contributed by atoms with E-state index in [4.69, 9.17) is 15.2 Å². The van der Waals surface area contributed by atoms with Crippen LogP contribution in [0.15, 0.2) is 18.2 Å². The summed E-state index contributed by atoms with van der Waals surface area (Å²) >= 11 is 0. The Bertz CT molecular complexity index is 852. The van der Waals surface area contributed by atoms with Gasteiger partial charge in [0.25, 0.3) is 0 Å². The summed E-state index contributed by atoms with van der Waals surface area (Å²) < 4.78 is 12.6. The number of carbonyl (C=O) groups is 1. The van der Waals surface area contributed by atoms with Gasteiger partial charge in [0, 0.05) is 38.2 Å². The first-order valence-corrected chi connectivity index (χ1v) is 9.01. The number of hydrogen-bond donors (Lipinski definition) is 1. The van der Waals surface area contributed by atoms with Crippen molar-refractivity contribution in [2.75, 3.05) is 40.5 Å². The highest BCUT2D eigenvalue weighted by molar-refractivity contribution is 5.75. The fourth-order valence-corrected chi connectivity index (χ4v) is 3.51. The molecule has 0 spiro atoms. The predicted octanol–water partition coefficient (Wildman–Crippen LogP) is -0.188. The van der Waals surface area contributed by atoms with Crippen molar-refractivity contribution in [3.8, 4) is 17.2 Å². The Hall–Kier alpha value is -2.65. The molecule has 1 aromatic heterocycles. The van der Waals surface area contributed by atoms with Gasteiger partial charge in [-0.25, -0.2) is 9.67 Å². The third-order valence-corrected chi connectivity index (χ3v) is 5.05. The van der Waals surface area contributed by atoms with E-state index in [1.807, 2.05) is 18.2 Å². The number of aromatic nitrogens is 3. The second kappa shape index (κ2) is 7.16. The summed E-state index contributed by atoms with van der Waals surface area (Å²) in [4.78, 5) is 20.6. The number of hydrogen-bond acceptors (Lipinski definition) is 7. The van der Waals surface area contributed by atoms with E-state index >= 15 is 0 Å². The normalized spacial score (nSPS) is 20.1. The number of carbonyl (C=O) groups excluding carboxylic acids is 1. The van der Waals surface area contributed by atoms with Gasteiger partial charge in [-0.2, -0.15) is 5.10 Å². The number of primary amides is 1. The third-order valence-electron chi connectivity index (χ3n) is 5.05. The molecule has 9 nitrogen and oxygen atoms in total. The van der Waals surface area contributed by atoms with E-state index < -0.39 is 5.91 Å². The Morgan fingerprint density at radius 2 is 2.07 bits per heavy atom. The van der Waals surface area contributed by atoms with Gasteiger partial charge in [0.15, 0.2) is 17.3 Å². The lowest BCUT2D eigenvalue weighted by Gasteiger charge is -2.37. The Kier molecular flexibility index (Phi) is 4.71. The van der Waals surface area contributed by atoms with Gasteiger partial charge in [-0.3, -0.25) is 4.79 Å². The highest BCUT2D eigenvalue weighted by atomic mass is 16.7. The summed E-state index contributed by atoms with van der Waals surface area (Å²) in [6, 6.07) is 5.97. The molecule has 2 aliphatic rings. The molecule has 1 unspecified atom stereocenters. The molecule has 1 amide bonds. The number of ether oxygens (including phenoxy) is 2. The fourth-order valence-electron chi connectivity index (χ4n) is 3.51. The van der Waals surface area contributed by atoms with Crippen LogP contribution in [0.4, 0.5) is 0 Å². The summed E-state index contributed by atoms with van der Waals surface area (Å²) in [5.74, 6) is 2.18. The summed E-state index contributed by atoms with van der Waals surface area (Å²) in [6.07, 6.45) is 0.742. The summed E-state index contributed by atoms with van der Waals surface area (Å²) in [5.41, 5.74) is 6.16. The van der Waals surface area contributed by atoms with Crippen molar-refractivity contribution in [3.05, 3.63) is 29.8 Å². The number of piperazine rings is 1. The number of amides is 1. The van der Waals surface area contributed by atoms with Crippen LogP contribution >= 0.6 is 0 Å². The molecule has 0 saturated carbocycles. The van der Waals surface area contributed by atoms with Crippen LogP contribution in [-0.4, -0.2) is 77.0 Å². The second-order valence-electron chi connectivity index (χ2n) is 7.14. The number of rotatable bonds is 5. The summed E-state index contributed by atoms with van der Waals surface area (Å²) in [7, 11) is 4.25. The predicted molar refractivity (Wildman–Crippen MR) is 98.0 cm³/mol. The maximum Gasteiger partial charge on any atom is 0.231 e. The van der Waals surface area contributed by atoms with Crippen LogP contribution in [0.2, 0.25) is 0 Å². The van der Waals surface area contributed by atoms with Gasteiger partial charge in [-0.1, -0.05) is 0 Å². The zero-order chi connectivity index (χ0) is 19.0. The topological polar surface area (TPSA) is 98.7 Å². The highest BCUT2D eigenvalue weighted by Crippen LogP contribution is 2.33. The smallest absolute Gasteiger partial charge is 0.231 e. The lowest BCUT2D eigenvalue weighted by molar-refractivity contribution is -0.117. The van der Waals surface area contributed by atoms with E-state index in [9.17, 15) is 4.79 Å². The van der Waals surface area contributed by atoms with E-state index in [0.29, 0.717) is 23.4 Å². The molecule has 1 aromatic carbocycles. The summed E-state index contributed by atoms with van der Waals surface area (Å²) in [6.45, 7) is 3.23. The SMILES string of the molecule is CN1CCN(C)C(Cc2nc(CC(N)=O)nn2-c2ccc3c(c2)OCO3)C1. The van der Waals surface area contributed by atoms with Crippen molar-refractivity contribution in [1.82, 2.24) is 24.6 Å². The zero-order valence-electron chi connectivity index (χ0n) is 15.6. The van der Waals surface area contributed by atoms with Crippen LogP contribution in [0.25, 0.3) is 5.69 Å². The number of benzene rings is 1. The van der Waals surface area contributed by atoms with Crippen molar-refractivity contribution in [2.24, 2.45) is 5.73 Å². The minimum Gasteiger partial charge on any atom is -0.454 e. The van der Waals surface area contributed by atoms with Crippen LogP contribution in [0.1, 0.15) is 11.6 Å². The zero-order valence-corrected chi connectivity index (χ0v) is 15.6. The van der Waals surface area contributed by atoms with Crippen molar-refractivity contribution in [3.63, 3.8) is 0 Å². The molecule has 0 aliphatic carbocycles. The fraction of sp³-hybridized carbons (Fsp3) is 0.500. The van der Waals surface area contributed by atoms with Crippen LogP contribution in [0.5, 0.6) is 11.5 Å². The van der Waals surface area contributed by atoms with Gasteiger partial charge in [-0.15, -0.1) is 0 Å². The summed E-state index contributed by atoms with van der Waals surface area (Å²) in [5, 5.41) is 4.53. The molecular formula is C18H24N6O3. The minimum atomic E-state index is -0.445. The molecule has 27 heavy (non-hydrogen) atoms. The third kappa shape index (κ3) is 3.74. The molecule has 9 heteroatoms. The molecule has 1 fully saturated rings. The van der Waals surface area contributed by atoms with Crippen LogP contribution < -0.4 is 15.2 Å². The maximum absolute atomic E-state index is 11.3. The van der Waals surface area contributed by atoms with E-state index in [-0.39, 0.29) is 13.2 Å². The van der Waals surface area contributed by atoms with Gasteiger partial charge < -0.3 is 25.0 Å². The average Bonchev–Trinajstić information content (AvgIpc) is 3.23.